The van der Waals surface area contributed by atoms with Gasteiger partial charge in [0.25, 0.3) is 0 Å². The fourth-order valence-electron chi connectivity index (χ4n) is 2.57. The second kappa shape index (κ2) is 8.91. The number of guanidine groups is 1. The number of aliphatic carboxylic acids is 1. The van der Waals surface area contributed by atoms with Crippen molar-refractivity contribution in [1.82, 2.24) is 10.6 Å². The van der Waals surface area contributed by atoms with Crippen LogP contribution < -0.4 is 16.4 Å². The molecule has 1 aromatic rings. The maximum atomic E-state index is 12.2. The first-order valence-corrected chi connectivity index (χ1v) is 8.02. The van der Waals surface area contributed by atoms with Gasteiger partial charge in [-0.2, -0.15) is 0 Å². The molecule has 138 valence electrons. The first-order valence-electron chi connectivity index (χ1n) is 8.02. The Morgan fingerprint density at radius 1 is 1.28 bits per heavy atom. The van der Waals surface area contributed by atoms with Crippen molar-refractivity contribution in [3.8, 4) is 5.75 Å². The molecule has 1 aromatic carbocycles. The number of hydrogen-bond donors (Lipinski definition) is 6. The number of benzene rings is 1. The van der Waals surface area contributed by atoms with Gasteiger partial charge in [0.15, 0.2) is 5.96 Å². The molecule has 8 heteroatoms. The van der Waals surface area contributed by atoms with Crippen LogP contribution in [-0.4, -0.2) is 40.6 Å². The molecular formula is C17H26N4O4. The lowest BCUT2D eigenvalue weighted by molar-refractivity contribution is -0.142. The molecule has 0 bridgehead atoms. The van der Waals surface area contributed by atoms with Gasteiger partial charge in [-0.05, 0) is 49.1 Å². The number of rotatable bonds is 8. The van der Waals surface area contributed by atoms with Crippen LogP contribution in [0.5, 0.6) is 5.75 Å². The molecular weight excluding hydrogens is 324 g/mol. The van der Waals surface area contributed by atoms with E-state index in [1.54, 1.807) is 32.9 Å². The van der Waals surface area contributed by atoms with E-state index in [1.807, 2.05) is 0 Å². The van der Waals surface area contributed by atoms with E-state index < -0.39 is 17.9 Å². The van der Waals surface area contributed by atoms with Crippen LogP contribution in [-0.2, 0) is 16.0 Å². The highest BCUT2D eigenvalue weighted by atomic mass is 16.4. The van der Waals surface area contributed by atoms with Crippen molar-refractivity contribution in [2.45, 2.75) is 39.7 Å². The van der Waals surface area contributed by atoms with Crippen molar-refractivity contribution in [2.24, 2.45) is 11.7 Å². The third-order valence-corrected chi connectivity index (χ3v) is 4.04. The van der Waals surface area contributed by atoms with Crippen molar-refractivity contribution in [3.63, 3.8) is 0 Å². The van der Waals surface area contributed by atoms with E-state index in [2.05, 4.69) is 10.6 Å². The highest BCUT2D eigenvalue weighted by Crippen LogP contribution is 2.22. The van der Waals surface area contributed by atoms with Crippen LogP contribution in [0, 0.1) is 25.2 Å². The zero-order valence-corrected chi connectivity index (χ0v) is 14.7. The average Bonchev–Trinajstić information content (AvgIpc) is 2.48. The summed E-state index contributed by atoms with van der Waals surface area (Å²) in [6.07, 6.45) is 0.562. The minimum atomic E-state index is -1.12. The number of aryl methyl sites for hydroxylation is 2. The summed E-state index contributed by atoms with van der Waals surface area (Å²) in [5, 5.41) is 31.2. The highest BCUT2D eigenvalue weighted by molar-refractivity contribution is 5.85. The lowest BCUT2D eigenvalue weighted by Crippen LogP contribution is -2.45. The molecule has 0 aliphatic heterocycles. The molecule has 8 nitrogen and oxygen atoms in total. The van der Waals surface area contributed by atoms with E-state index in [-0.39, 0.29) is 24.0 Å². The normalized spacial score (nSPS) is 12.9. The summed E-state index contributed by atoms with van der Waals surface area (Å²) in [5.74, 6) is -1.95. The minimum absolute atomic E-state index is 0.126. The van der Waals surface area contributed by atoms with Crippen LogP contribution in [0.25, 0.3) is 0 Å². The number of carbonyl (C=O) groups excluding carboxylic acids is 1. The number of carbonyl (C=O) groups is 2. The van der Waals surface area contributed by atoms with E-state index in [1.165, 1.54) is 0 Å². The summed E-state index contributed by atoms with van der Waals surface area (Å²) in [4.78, 5) is 23.8. The number of aromatic hydroxyl groups is 1. The number of phenolic OH excluding ortho intramolecular Hbond substituents is 1. The standard InChI is InChI=1S/C17H26N4O4/c1-9(4-5-20-17(18)19)15(23)21-14(16(24)25)8-13-10(2)6-12(22)7-11(13)3/h6-7,9,14,22H,4-5,8H2,1-3H3,(H,21,23)(H,24,25)(H4,18,19,20)/t9-,14+/m1/s1. The van der Waals surface area contributed by atoms with Crippen molar-refractivity contribution in [3.05, 3.63) is 28.8 Å². The third-order valence-electron chi connectivity index (χ3n) is 4.04. The molecule has 25 heavy (non-hydrogen) atoms. The lowest BCUT2D eigenvalue weighted by Gasteiger charge is -2.20. The van der Waals surface area contributed by atoms with Gasteiger partial charge in [-0.25, -0.2) is 4.79 Å². The summed E-state index contributed by atoms with van der Waals surface area (Å²) in [6.45, 7) is 5.63. The molecule has 0 radical (unpaired) electrons. The highest BCUT2D eigenvalue weighted by Gasteiger charge is 2.24. The largest absolute Gasteiger partial charge is 0.508 e. The summed E-state index contributed by atoms with van der Waals surface area (Å²) >= 11 is 0. The van der Waals surface area contributed by atoms with Crippen LogP contribution >= 0.6 is 0 Å². The lowest BCUT2D eigenvalue weighted by atomic mass is 9.95. The number of nitrogens with two attached hydrogens (primary N) is 1. The number of hydrogen-bond acceptors (Lipinski definition) is 4. The fourth-order valence-corrected chi connectivity index (χ4v) is 2.57. The Labute approximate surface area is 146 Å². The Kier molecular flexibility index (Phi) is 7.22. The number of amides is 1. The van der Waals surface area contributed by atoms with Gasteiger partial charge < -0.3 is 26.6 Å². The van der Waals surface area contributed by atoms with Crippen molar-refractivity contribution >= 4 is 17.8 Å². The molecule has 0 aromatic heterocycles. The van der Waals surface area contributed by atoms with Crippen LogP contribution in [0.3, 0.4) is 0 Å². The molecule has 0 spiro atoms. The Morgan fingerprint density at radius 3 is 2.32 bits per heavy atom. The maximum absolute atomic E-state index is 12.2. The van der Waals surface area contributed by atoms with Gasteiger partial charge in [-0.3, -0.25) is 10.2 Å². The zero-order valence-electron chi connectivity index (χ0n) is 14.7. The molecule has 0 fully saturated rings. The van der Waals surface area contributed by atoms with E-state index in [0.29, 0.717) is 13.0 Å². The molecule has 0 saturated carbocycles. The van der Waals surface area contributed by atoms with Crippen molar-refractivity contribution in [1.29, 1.82) is 5.41 Å². The molecule has 2 atom stereocenters. The SMILES string of the molecule is Cc1cc(O)cc(C)c1C[C@H](NC(=O)[C@H](C)CCNC(=N)N)C(=O)O. The van der Waals surface area contributed by atoms with E-state index in [9.17, 15) is 19.8 Å². The number of phenols is 1. The van der Waals surface area contributed by atoms with Crippen LogP contribution in [0.4, 0.5) is 0 Å². The molecule has 1 rings (SSSR count). The second-order valence-electron chi connectivity index (χ2n) is 6.19. The van der Waals surface area contributed by atoms with Gasteiger partial charge >= 0.3 is 5.97 Å². The van der Waals surface area contributed by atoms with Gasteiger partial charge in [0.2, 0.25) is 5.91 Å². The second-order valence-corrected chi connectivity index (χ2v) is 6.19. The van der Waals surface area contributed by atoms with E-state index in [4.69, 9.17) is 11.1 Å². The summed E-state index contributed by atoms with van der Waals surface area (Å²) in [6, 6.07) is 2.08. The summed E-state index contributed by atoms with van der Waals surface area (Å²) in [5.41, 5.74) is 7.51. The number of carboxylic acids is 1. The topological polar surface area (TPSA) is 149 Å². The van der Waals surface area contributed by atoms with Crippen molar-refractivity contribution < 1.29 is 19.8 Å². The average molecular weight is 350 g/mol. The van der Waals surface area contributed by atoms with Gasteiger partial charge in [0.05, 0.1) is 0 Å². The molecule has 1 amide bonds. The van der Waals surface area contributed by atoms with Gasteiger partial charge in [0, 0.05) is 18.9 Å². The van der Waals surface area contributed by atoms with E-state index >= 15 is 0 Å². The quantitative estimate of drug-likeness (QED) is 0.299. The van der Waals surface area contributed by atoms with Gasteiger partial charge in [0.1, 0.15) is 11.8 Å². The van der Waals surface area contributed by atoms with Crippen LogP contribution in [0.2, 0.25) is 0 Å². The Hall–Kier alpha value is -2.77. The molecule has 0 saturated heterocycles. The monoisotopic (exact) mass is 350 g/mol. The molecule has 0 aliphatic carbocycles. The van der Waals surface area contributed by atoms with Crippen LogP contribution in [0.15, 0.2) is 12.1 Å². The third kappa shape index (κ3) is 6.33. The maximum Gasteiger partial charge on any atom is 0.326 e. The Balaban J connectivity index is 2.76. The van der Waals surface area contributed by atoms with Crippen molar-refractivity contribution in [2.75, 3.05) is 6.54 Å². The predicted molar refractivity (Wildman–Crippen MR) is 94.5 cm³/mol. The van der Waals surface area contributed by atoms with E-state index in [0.717, 1.165) is 16.7 Å². The first-order chi connectivity index (χ1) is 11.6. The minimum Gasteiger partial charge on any atom is -0.508 e. The predicted octanol–water partition coefficient (Wildman–Crippen LogP) is 0.630. The summed E-state index contributed by atoms with van der Waals surface area (Å²) < 4.78 is 0. The number of nitrogens with one attached hydrogen (secondary N) is 3. The smallest absolute Gasteiger partial charge is 0.326 e. The number of carboxylic acid groups (broad SMARTS) is 1. The molecule has 0 heterocycles. The molecule has 0 aliphatic rings. The Morgan fingerprint density at radius 2 is 1.84 bits per heavy atom. The zero-order chi connectivity index (χ0) is 19.1. The van der Waals surface area contributed by atoms with Crippen LogP contribution in [0.1, 0.15) is 30.0 Å². The molecule has 7 N–H and O–H groups in total. The Bertz CT molecular complexity index is 637. The fraction of sp³-hybridized carbons (Fsp3) is 0.471. The first kappa shape index (κ1) is 20.3. The van der Waals surface area contributed by atoms with Gasteiger partial charge in [-0.15, -0.1) is 0 Å². The molecule has 0 unspecified atom stereocenters. The summed E-state index contributed by atoms with van der Waals surface area (Å²) in [7, 11) is 0. The van der Waals surface area contributed by atoms with Gasteiger partial charge in [-0.1, -0.05) is 6.92 Å².